The average molecular weight is 312 g/mol. The fourth-order valence-electron chi connectivity index (χ4n) is 1.60. The van der Waals surface area contributed by atoms with Crippen molar-refractivity contribution >= 4 is 38.7 Å². The Morgan fingerprint density at radius 1 is 1.35 bits per heavy atom. The highest BCUT2D eigenvalue weighted by atomic mass is 35.5. The molecule has 0 saturated carbocycles. The van der Waals surface area contributed by atoms with Gasteiger partial charge in [0.2, 0.25) is 0 Å². The number of benzene rings is 1. The molecule has 1 aromatic carbocycles. The molecule has 1 aliphatic carbocycles. The quantitative estimate of drug-likeness (QED) is 0.453. The average Bonchev–Trinajstić information content (AvgIpc) is 2.38. The van der Waals surface area contributed by atoms with Crippen LogP contribution in [0.1, 0.15) is 0 Å². The van der Waals surface area contributed by atoms with Crippen molar-refractivity contribution in [1.29, 1.82) is 5.41 Å². The van der Waals surface area contributed by atoms with Gasteiger partial charge < -0.3 is 5.21 Å². The van der Waals surface area contributed by atoms with Crippen LogP contribution in [0, 0.1) is 5.41 Å². The molecule has 0 heterocycles. The predicted octanol–water partition coefficient (Wildman–Crippen LogP) is 2.39. The zero-order chi connectivity index (χ0) is 14.8. The molecule has 1 aromatic rings. The Morgan fingerprint density at radius 3 is 2.75 bits per heavy atom. The lowest BCUT2D eigenvalue weighted by Gasteiger charge is -2.14. The van der Waals surface area contributed by atoms with Crippen molar-refractivity contribution in [2.75, 3.05) is 4.72 Å². The number of nitrogens with one attached hydrogen (secondary N) is 2. The second-order valence-corrected chi connectivity index (χ2v) is 5.96. The van der Waals surface area contributed by atoms with Crippen LogP contribution in [0.15, 0.2) is 52.6 Å². The molecular weight excluding hydrogens is 302 g/mol. The fourth-order valence-corrected chi connectivity index (χ4v) is 3.00. The maximum atomic E-state index is 12.2. The number of oxime groups is 1. The number of rotatable bonds is 3. The van der Waals surface area contributed by atoms with Gasteiger partial charge in [-0.1, -0.05) is 28.9 Å². The van der Waals surface area contributed by atoms with Gasteiger partial charge in [0, 0.05) is 5.02 Å². The Hall–Kier alpha value is -2.12. The summed E-state index contributed by atoms with van der Waals surface area (Å²) in [5.74, 6) is 0. The van der Waals surface area contributed by atoms with E-state index in [1.165, 1.54) is 30.4 Å². The van der Waals surface area contributed by atoms with Gasteiger partial charge in [-0.2, -0.15) is 0 Å². The van der Waals surface area contributed by atoms with E-state index >= 15 is 0 Å². The summed E-state index contributed by atoms with van der Waals surface area (Å²) in [6.07, 6.45) is 3.97. The number of allylic oxidation sites excluding steroid dienone is 4. The van der Waals surface area contributed by atoms with Gasteiger partial charge in [0.1, 0.15) is 10.6 Å². The van der Waals surface area contributed by atoms with Gasteiger partial charge in [-0.05, 0) is 30.4 Å². The predicted molar refractivity (Wildman–Crippen MR) is 78.2 cm³/mol. The van der Waals surface area contributed by atoms with E-state index in [9.17, 15) is 8.42 Å². The molecule has 0 spiro atoms. The van der Waals surface area contributed by atoms with E-state index in [1.54, 1.807) is 12.1 Å². The van der Waals surface area contributed by atoms with Crippen LogP contribution in [-0.4, -0.2) is 25.0 Å². The summed E-state index contributed by atoms with van der Waals surface area (Å²) < 4.78 is 26.8. The van der Waals surface area contributed by atoms with Crippen LogP contribution in [0.2, 0.25) is 5.02 Å². The zero-order valence-corrected chi connectivity index (χ0v) is 11.6. The second-order valence-electron chi connectivity index (χ2n) is 3.87. The van der Waals surface area contributed by atoms with Gasteiger partial charge in [-0.25, -0.2) is 8.42 Å². The van der Waals surface area contributed by atoms with Crippen LogP contribution < -0.4 is 4.72 Å². The van der Waals surface area contributed by atoms with Gasteiger partial charge >= 0.3 is 0 Å². The highest BCUT2D eigenvalue weighted by molar-refractivity contribution is 7.97. The van der Waals surface area contributed by atoms with Crippen molar-refractivity contribution < 1.29 is 13.6 Å². The molecule has 0 saturated heterocycles. The molecule has 8 heteroatoms. The number of hydrogen-bond donors (Lipinski definition) is 3. The molecule has 6 nitrogen and oxygen atoms in total. The van der Waals surface area contributed by atoms with Crippen molar-refractivity contribution in [3.63, 3.8) is 0 Å². The van der Waals surface area contributed by atoms with E-state index in [-0.39, 0.29) is 22.0 Å². The molecule has 0 amide bonds. The molecule has 3 N–H and O–H groups in total. The van der Waals surface area contributed by atoms with Crippen LogP contribution in [-0.2, 0) is 10.0 Å². The SMILES string of the molecule is N=C1C=CC=C(S(=O)(=O)Nc2cccc(Cl)c2)/C1=N/O. The van der Waals surface area contributed by atoms with Crippen LogP contribution in [0.25, 0.3) is 0 Å². The Morgan fingerprint density at radius 2 is 2.10 bits per heavy atom. The molecule has 0 radical (unpaired) electrons. The zero-order valence-electron chi connectivity index (χ0n) is 10.0. The van der Waals surface area contributed by atoms with E-state index in [0.29, 0.717) is 5.02 Å². The Kier molecular flexibility index (Phi) is 3.91. The first kappa shape index (κ1) is 14.3. The largest absolute Gasteiger partial charge is 0.410 e. The summed E-state index contributed by atoms with van der Waals surface area (Å²) in [4.78, 5) is -0.285. The van der Waals surface area contributed by atoms with Gasteiger partial charge in [0.15, 0.2) is 0 Å². The van der Waals surface area contributed by atoms with Crippen molar-refractivity contribution in [1.82, 2.24) is 0 Å². The molecule has 104 valence electrons. The summed E-state index contributed by atoms with van der Waals surface area (Å²) in [6.45, 7) is 0. The lowest BCUT2D eigenvalue weighted by Crippen LogP contribution is -2.26. The molecule has 0 unspecified atom stereocenters. The van der Waals surface area contributed by atoms with Crippen molar-refractivity contribution in [2.24, 2.45) is 5.16 Å². The number of hydrogen-bond acceptors (Lipinski definition) is 5. The van der Waals surface area contributed by atoms with E-state index in [4.69, 9.17) is 22.2 Å². The lowest BCUT2D eigenvalue weighted by molar-refractivity contribution is 0.320. The fraction of sp³-hybridized carbons (Fsp3) is 0. The molecule has 2 rings (SSSR count). The highest BCUT2D eigenvalue weighted by Gasteiger charge is 2.27. The third-order valence-corrected chi connectivity index (χ3v) is 4.11. The molecule has 0 atom stereocenters. The lowest BCUT2D eigenvalue weighted by atomic mass is 10.1. The van der Waals surface area contributed by atoms with E-state index in [0.717, 1.165) is 0 Å². The first-order valence-corrected chi connectivity index (χ1v) is 7.28. The smallest absolute Gasteiger partial charge is 0.264 e. The van der Waals surface area contributed by atoms with Gasteiger partial charge in [-0.3, -0.25) is 10.1 Å². The first-order valence-electron chi connectivity index (χ1n) is 5.42. The molecule has 0 aliphatic heterocycles. The Balaban J connectivity index is 2.38. The van der Waals surface area contributed by atoms with Crippen LogP contribution in [0.3, 0.4) is 0 Å². The number of halogens is 1. The van der Waals surface area contributed by atoms with Crippen molar-refractivity contribution in [3.8, 4) is 0 Å². The molecule has 0 aromatic heterocycles. The molecule has 0 bridgehead atoms. The summed E-state index contributed by atoms with van der Waals surface area (Å²) >= 11 is 5.78. The Bertz CT molecular complexity index is 751. The normalized spacial score (nSPS) is 17.1. The van der Waals surface area contributed by atoms with Crippen LogP contribution >= 0.6 is 11.6 Å². The second kappa shape index (κ2) is 5.48. The van der Waals surface area contributed by atoms with Crippen LogP contribution in [0.5, 0.6) is 0 Å². The molecular formula is C12H10ClN3O3S. The summed E-state index contributed by atoms with van der Waals surface area (Å²) in [5.41, 5.74) is -0.236. The monoisotopic (exact) mass is 311 g/mol. The van der Waals surface area contributed by atoms with Crippen LogP contribution in [0.4, 0.5) is 5.69 Å². The number of sulfonamides is 1. The van der Waals surface area contributed by atoms with Crippen molar-refractivity contribution in [3.05, 3.63) is 52.4 Å². The number of nitrogens with zero attached hydrogens (tertiary/aromatic N) is 1. The van der Waals surface area contributed by atoms with Gasteiger partial charge in [0.05, 0.1) is 11.4 Å². The maximum absolute atomic E-state index is 12.2. The standard InChI is InChI=1S/C12H10ClN3O3S/c13-8-3-1-4-9(7-8)16-20(18,19)11-6-2-5-10(14)12(11)15-17/h1-7,14,16-17H/b14-10?,15-12+. The highest BCUT2D eigenvalue weighted by Crippen LogP contribution is 2.21. The summed E-state index contributed by atoms with van der Waals surface area (Å²) in [5, 5.41) is 19.6. The minimum Gasteiger partial charge on any atom is -0.410 e. The van der Waals surface area contributed by atoms with E-state index in [2.05, 4.69) is 9.88 Å². The third-order valence-electron chi connectivity index (χ3n) is 2.47. The van der Waals surface area contributed by atoms with E-state index < -0.39 is 10.0 Å². The molecule has 20 heavy (non-hydrogen) atoms. The first-order chi connectivity index (χ1) is 9.44. The molecule has 0 fully saturated rings. The van der Waals surface area contributed by atoms with E-state index in [1.807, 2.05) is 0 Å². The molecule has 1 aliphatic rings. The third kappa shape index (κ3) is 2.89. The minimum absolute atomic E-state index is 0.193. The van der Waals surface area contributed by atoms with Gasteiger partial charge in [0.25, 0.3) is 10.0 Å². The number of anilines is 1. The Labute approximate surface area is 120 Å². The van der Waals surface area contributed by atoms with Crippen molar-refractivity contribution in [2.45, 2.75) is 0 Å². The maximum Gasteiger partial charge on any atom is 0.264 e. The topological polar surface area (TPSA) is 103 Å². The van der Waals surface area contributed by atoms with Gasteiger partial charge in [-0.15, -0.1) is 0 Å². The summed E-state index contributed by atoms with van der Waals surface area (Å²) in [7, 11) is -3.98. The minimum atomic E-state index is -3.98. The summed E-state index contributed by atoms with van der Waals surface area (Å²) in [6, 6.07) is 6.18.